The third kappa shape index (κ3) is 6.17. The molecule has 0 fully saturated rings. The molecule has 0 radical (unpaired) electrons. The third-order valence-electron chi connectivity index (χ3n) is 6.20. The molecule has 0 aromatic heterocycles. The van der Waals surface area contributed by atoms with Gasteiger partial charge in [0, 0.05) is 0 Å². The van der Waals surface area contributed by atoms with Crippen LogP contribution in [0.2, 0.25) is 0 Å². The summed E-state index contributed by atoms with van der Waals surface area (Å²) in [6.07, 6.45) is 3.68. The SMILES string of the molecule is O=C(Cc1cccc2ccccc12)N/N=C\c1ccc(/C=N\NC(=O)Cc2cccc3ccccc23)cc1. The van der Waals surface area contributed by atoms with Crippen molar-refractivity contribution in [3.05, 3.63) is 131 Å². The summed E-state index contributed by atoms with van der Waals surface area (Å²) in [6.45, 7) is 0. The van der Waals surface area contributed by atoms with Crippen LogP contribution in [0.4, 0.5) is 0 Å². The Kier molecular flexibility index (Phi) is 7.61. The minimum atomic E-state index is -0.180. The zero-order valence-corrected chi connectivity index (χ0v) is 20.7. The molecule has 0 atom stereocenters. The number of benzene rings is 5. The molecule has 0 saturated carbocycles. The fourth-order valence-electron chi connectivity index (χ4n) is 4.34. The van der Waals surface area contributed by atoms with Gasteiger partial charge in [0.2, 0.25) is 11.8 Å². The van der Waals surface area contributed by atoms with Gasteiger partial charge in [-0.1, -0.05) is 109 Å². The number of carbonyl (C=O) groups is 2. The number of rotatable bonds is 8. The van der Waals surface area contributed by atoms with Gasteiger partial charge >= 0.3 is 0 Å². The average Bonchev–Trinajstić information content (AvgIpc) is 2.94. The molecule has 0 heterocycles. The van der Waals surface area contributed by atoms with Crippen molar-refractivity contribution in [2.75, 3.05) is 0 Å². The number of nitrogens with zero attached hydrogens (tertiary/aromatic N) is 2. The maximum Gasteiger partial charge on any atom is 0.244 e. The molecule has 38 heavy (non-hydrogen) atoms. The maximum atomic E-state index is 12.4. The van der Waals surface area contributed by atoms with Crippen LogP contribution in [0.15, 0.2) is 119 Å². The largest absolute Gasteiger partial charge is 0.273 e. The number of hydrazone groups is 2. The molecular formula is C32H26N4O2. The van der Waals surface area contributed by atoms with E-state index in [9.17, 15) is 9.59 Å². The first-order valence-corrected chi connectivity index (χ1v) is 12.3. The predicted molar refractivity (Wildman–Crippen MR) is 153 cm³/mol. The highest BCUT2D eigenvalue weighted by Gasteiger charge is 2.07. The van der Waals surface area contributed by atoms with Crippen LogP contribution in [0.3, 0.4) is 0 Å². The van der Waals surface area contributed by atoms with Crippen LogP contribution in [0.25, 0.3) is 21.5 Å². The molecule has 0 saturated heterocycles. The molecule has 0 bridgehead atoms. The van der Waals surface area contributed by atoms with E-state index in [4.69, 9.17) is 0 Å². The lowest BCUT2D eigenvalue weighted by molar-refractivity contribution is -0.121. The topological polar surface area (TPSA) is 82.9 Å². The molecule has 0 aliphatic rings. The van der Waals surface area contributed by atoms with Gasteiger partial charge in [-0.05, 0) is 43.8 Å². The lowest BCUT2D eigenvalue weighted by atomic mass is 10.0. The summed E-state index contributed by atoms with van der Waals surface area (Å²) in [7, 11) is 0. The van der Waals surface area contributed by atoms with E-state index in [1.807, 2.05) is 109 Å². The fourth-order valence-corrected chi connectivity index (χ4v) is 4.34. The molecule has 5 aromatic carbocycles. The lowest BCUT2D eigenvalue weighted by Gasteiger charge is -2.05. The summed E-state index contributed by atoms with van der Waals surface area (Å²) in [4.78, 5) is 24.8. The van der Waals surface area contributed by atoms with Gasteiger partial charge in [0.1, 0.15) is 0 Å². The van der Waals surface area contributed by atoms with E-state index in [0.717, 1.165) is 43.8 Å². The van der Waals surface area contributed by atoms with Gasteiger partial charge in [-0.2, -0.15) is 10.2 Å². The number of hydrogen-bond donors (Lipinski definition) is 2. The molecule has 0 spiro atoms. The van der Waals surface area contributed by atoms with E-state index < -0.39 is 0 Å². The standard InChI is InChI=1S/C32H26N4O2/c37-31(19-27-11-5-9-25-7-1-3-13-29(25)27)35-33-21-23-15-17-24(18-16-23)22-34-36-32(38)20-28-12-6-10-26-8-2-4-14-30(26)28/h1-18,21-22H,19-20H2,(H,35,37)(H,36,38)/b33-21-,34-22-. The summed E-state index contributed by atoms with van der Waals surface area (Å²) in [5.41, 5.74) is 8.76. The van der Waals surface area contributed by atoms with E-state index in [0.29, 0.717) is 0 Å². The van der Waals surface area contributed by atoms with Crippen LogP contribution in [0.1, 0.15) is 22.3 Å². The number of amides is 2. The second-order valence-electron chi connectivity index (χ2n) is 8.88. The monoisotopic (exact) mass is 498 g/mol. The second-order valence-corrected chi connectivity index (χ2v) is 8.88. The van der Waals surface area contributed by atoms with Crippen LogP contribution < -0.4 is 10.9 Å². The Hall–Kier alpha value is -5.10. The van der Waals surface area contributed by atoms with E-state index in [-0.39, 0.29) is 24.7 Å². The van der Waals surface area contributed by atoms with Crippen molar-refractivity contribution in [3.63, 3.8) is 0 Å². The van der Waals surface area contributed by atoms with Crippen LogP contribution >= 0.6 is 0 Å². The summed E-state index contributed by atoms with van der Waals surface area (Å²) in [5.74, 6) is -0.360. The number of nitrogens with one attached hydrogen (secondary N) is 2. The molecule has 0 unspecified atom stereocenters. The molecule has 2 N–H and O–H groups in total. The smallest absolute Gasteiger partial charge is 0.244 e. The molecule has 5 aromatic rings. The maximum absolute atomic E-state index is 12.4. The van der Waals surface area contributed by atoms with Gasteiger partial charge in [0.25, 0.3) is 0 Å². The quantitative estimate of drug-likeness (QED) is 0.222. The summed E-state index contributed by atoms with van der Waals surface area (Å²) in [6, 6.07) is 35.3. The highest BCUT2D eigenvalue weighted by molar-refractivity contribution is 5.92. The summed E-state index contributed by atoms with van der Waals surface area (Å²) in [5, 5.41) is 12.5. The van der Waals surface area contributed by atoms with Gasteiger partial charge in [-0.3, -0.25) is 9.59 Å². The van der Waals surface area contributed by atoms with Crippen LogP contribution in [-0.4, -0.2) is 24.2 Å². The Balaban J connectivity index is 1.11. The molecule has 0 aliphatic carbocycles. The molecule has 2 amide bonds. The highest BCUT2D eigenvalue weighted by Crippen LogP contribution is 2.19. The minimum absolute atomic E-state index is 0.180. The highest BCUT2D eigenvalue weighted by atomic mass is 16.2. The Labute approximate surface area is 220 Å². The Bertz CT molecular complexity index is 1520. The number of carbonyl (C=O) groups excluding carboxylic acids is 2. The second kappa shape index (κ2) is 11.8. The van der Waals surface area contributed by atoms with Crippen molar-refractivity contribution in [2.45, 2.75) is 12.8 Å². The predicted octanol–water partition coefficient (Wildman–Crippen LogP) is 5.38. The molecule has 6 heteroatoms. The minimum Gasteiger partial charge on any atom is -0.273 e. The first-order chi connectivity index (χ1) is 18.7. The van der Waals surface area contributed by atoms with E-state index in [1.165, 1.54) is 0 Å². The first-order valence-electron chi connectivity index (χ1n) is 12.3. The number of hydrogen-bond acceptors (Lipinski definition) is 4. The average molecular weight is 499 g/mol. The Morgan fingerprint density at radius 2 is 0.921 bits per heavy atom. The van der Waals surface area contributed by atoms with E-state index >= 15 is 0 Å². The van der Waals surface area contributed by atoms with Crippen LogP contribution in [0.5, 0.6) is 0 Å². The van der Waals surface area contributed by atoms with Gasteiger partial charge in [0.05, 0.1) is 25.3 Å². The van der Waals surface area contributed by atoms with Crippen molar-refractivity contribution in [1.82, 2.24) is 10.9 Å². The van der Waals surface area contributed by atoms with E-state index in [2.05, 4.69) is 21.1 Å². The van der Waals surface area contributed by atoms with Gasteiger partial charge < -0.3 is 0 Å². The zero-order chi connectivity index (χ0) is 26.2. The van der Waals surface area contributed by atoms with E-state index in [1.54, 1.807) is 12.4 Å². The van der Waals surface area contributed by atoms with Crippen molar-refractivity contribution in [2.24, 2.45) is 10.2 Å². The summed E-state index contributed by atoms with van der Waals surface area (Å²) < 4.78 is 0. The van der Waals surface area contributed by atoms with Gasteiger partial charge in [0.15, 0.2) is 0 Å². The molecule has 186 valence electrons. The number of fused-ring (bicyclic) bond motifs is 2. The van der Waals surface area contributed by atoms with Crippen molar-refractivity contribution >= 4 is 45.8 Å². The van der Waals surface area contributed by atoms with Crippen LogP contribution in [0, 0.1) is 0 Å². The lowest BCUT2D eigenvalue weighted by Crippen LogP contribution is -2.20. The Morgan fingerprint density at radius 1 is 0.526 bits per heavy atom. The van der Waals surface area contributed by atoms with Crippen molar-refractivity contribution in [1.29, 1.82) is 0 Å². The molecule has 6 nitrogen and oxygen atoms in total. The summed E-state index contributed by atoms with van der Waals surface area (Å²) >= 11 is 0. The normalized spacial score (nSPS) is 11.4. The molecule has 5 rings (SSSR count). The van der Waals surface area contributed by atoms with Gasteiger partial charge in [-0.15, -0.1) is 0 Å². The third-order valence-corrected chi connectivity index (χ3v) is 6.20. The van der Waals surface area contributed by atoms with Crippen molar-refractivity contribution in [3.8, 4) is 0 Å². The fraction of sp³-hybridized carbons (Fsp3) is 0.0625. The van der Waals surface area contributed by atoms with Crippen LogP contribution in [-0.2, 0) is 22.4 Å². The van der Waals surface area contributed by atoms with Gasteiger partial charge in [-0.25, -0.2) is 10.9 Å². The Morgan fingerprint density at radius 3 is 1.37 bits per heavy atom. The molecular weight excluding hydrogens is 472 g/mol. The molecule has 0 aliphatic heterocycles. The first kappa shape index (κ1) is 24.6. The zero-order valence-electron chi connectivity index (χ0n) is 20.7. The van der Waals surface area contributed by atoms with Crippen molar-refractivity contribution < 1.29 is 9.59 Å².